The zero-order chi connectivity index (χ0) is 15.0. The summed E-state index contributed by atoms with van der Waals surface area (Å²) in [5, 5.41) is 0.231. The molecular weight excluding hydrogens is 294 g/mol. The van der Waals surface area contributed by atoms with Crippen LogP contribution in [0, 0.1) is 5.92 Å². The van der Waals surface area contributed by atoms with Crippen molar-refractivity contribution in [2.45, 2.75) is 49.0 Å². The summed E-state index contributed by atoms with van der Waals surface area (Å²) < 4.78 is 37.6. The lowest BCUT2D eigenvalue weighted by Crippen LogP contribution is -2.41. The Labute approximate surface area is 125 Å². The summed E-state index contributed by atoms with van der Waals surface area (Å²) in [6.07, 6.45) is 1.65. The van der Waals surface area contributed by atoms with Crippen LogP contribution in [0.5, 0.6) is 0 Å². The van der Waals surface area contributed by atoms with E-state index in [-0.39, 0.29) is 27.8 Å². The van der Waals surface area contributed by atoms with Crippen molar-refractivity contribution >= 4 is 16.6 Å². The van der Waals surface area contributed by atoms with Crippen molar-refractivity contribution in [3.8, 4) is 0 Å². The Morgan fingerprint density at radius 1 is 1.19 bits per heavy atom. The third-order valence-corrected chi connectivity index (χ3v) is 6.77. The highest BCUT2D eigenvalue weighted by Gasteiger charge is 2.40. The van der Waals surface area contributed by atoms with Crippen molar-refractivity contribution in [3.05, 3.63) is 35.4 Å². The third kappa shape index (κ3) is 2.93. The third-order valence-electron chi connectivity index (χ3n) is 4.60. The molecule has 1 aromatic carbocycles. The topological polar surface area (TPSA) is 34.1 Å². The van der Waals surface area contributed by atoms with Crippen LogP contribution in [-0.4, -0.2) is 20.5 Å². The summed E-state index contributed by atoms with van der Waals surface area (Å²) >= 11 is 0. The Bertz CT molecular complexity index is 557. The first-order chi connectivity index (χ1) is 10.1. The van der Waals surface area contributed by atoms with Gasteiger partial charge in [-0.15, -0.1) is 0 Å². The lowest BCUT2D eigenvalue weighted by Gasteiger charge is -2.37. The molecule has 0 aliphatic carbocycles. The lowest BCUT2D eigenvalue weighted by atomic mass is 9.84. The maximum Gasteiger partial charge on any atom is 0.263 e. The van der Waals surface area contributed by atoms with E-state index < -0.39 is 17.2 Å². The Morgan fingerprint density at radius 3 is 2.48 bits per heavy atom. The van der Waals surface area contributed by atoms with Crippen LogP contribution in [0.1, 0.15) is 54.5 Å². The van der Waals surface area contributed by atoms with Gasteiger partial charge in [-0.05, 0) is 31.7 Å². The molecule has 2 aliphatic rings. The minimum atomic E-state index is -2.56. The molecule has 2 fully saturated rings. The van der Waals surface area contributed by atoms with E-state index in [2.05, 4.69) is 0 Å². The van der Waals surface area contributed by atoms with Crippen molar-refractivity contribution in [1.82, 2.24) is 0 Å². The Kier molecular flexibility index (Phi) is 4.20. The van der Waals surface area contributed by atoms with Gasteiger partial charge in [0.25, 0.3) is 6.43 Å². The monoisotopic (exact) mass is 312 g/mol. The highest BCUT2D eigenvalue weighted by Crippen LogP contribution is 2.38. The molecule has 0 amide bonds. The number of rotatable bonds is 3. The normalized spacial score (nSPS) is 32.1. The van der Waals surface area contributed by atoms with Gasteiger partial charge >= 0.3 is 0 Å². The van der Waals surface area contributed by atoms with E-state index in [0.717, 1.165) is 19.3 Å². The first-order valence-electron chi connectivity index (χ1n) is 7.38. The molecule has 2 heterocycles. The van der Waals surface area contributed by atoms with E-state index in [1.54, 1.807) is 6.07 Å². The van der Waals surface area contributed by atoms with Crippen LogP contribution in [0.15, 0.2) is 24.3 Å². The number of halogens is 2. The van der Waals surface area contributed by atoms with Gasteiger partial charge in [-0.3, -0.25) is 9.00 Å². The Morgan fingerprint density at radius 2 is 1.86 bits per heavy atom. The van der Waals surface area contributed by atoms with Crippen molar-refractivity contribution < 1.29 is 17.8 Å². The zero-order valence-electron chi connectivity index (χ0n) is 11.6. The summed E-state index contributed by atoms with van der Waals surface area (Å²) in [6.45, 7) is 0. The van der Waals surface area contributed by atoms with Gasteiger partial charge in [0, 0.05) is 38.3 Å². The average molecular weight is 312 g/mol. The second-order valence-electron chi connectivity index (χ2n) is 5.96. The summed E-state index contributed by atoms with van der Waals surface area (Å²) in [7, 11) is -0.814. The van der Waals surface area contributed by atoms with Crippen LogP contribution >= 0.6 is 0 Å². The molecule has 5 heteroatoms. The first kappa shape index (κ1) is 14.8. The maximum atomic E-state index is 12.7. The zero-order valence-corrected chi connectivity index (χ0v) is 12.5. The molecule has 0 N–H and O–H groups in total. The second kappa shape index (κ2) is 5.95. The molecule has 3 rings (SSSR count). The first-order valence-corrected chi connectivity index (χ1v) is 8.65. The predicted molar refractivity (Wildman–Crippen MR) is 78.0 cm³/mol. The molecule has 21 heavy (non-hydrogen) atoms. The fraction of sp³-hybridized carbons (Fsp3) is 0.562. The van der Waals surface area contributed by atoms with Gasteiger partial charge in [0.05, 0.1) is 0 Å². The van der Waals surface area contributed by atoms with Gasteiger partial charge < -0.3 is 0 Å². The number of fused-ring (bicyclic) bond motifs is 2. The van der Waals surface area contributed by atoms with Crippen molar-refractivity contribution in [2.24, 2.45) is 5.92 Å². The largest absolute Gasteiger partial charge is 0.294 e. The van der Waals surface area contributed by atoms with E-state index in [9.17, 15) is 17.8 Å². The molecule has 0 radical (unpaired) electrons. The molecule has 1 aromatic rings. The van der Waals surface area contributed by atoms with Crippen LogP contribution in [0.25, 0.3) is 0 Å². The number of hydrogen-bond acceptors (Lipinski definition) is 2. The smallest absolute Gasteiger partial charge is 0.263 e. The van der Waals surface area contributed by atoms with Crippen molar-refractivity contribution in [1.29, 1.82) is 0 Å². The molecule has 2 aliphatic heterocycles. The minimum Gasteiger partial charge on any atom is -0.294 e. The quantitative estimate of drug-likeness (QED) is 0.794. The number of benzene rings is 1. The molecule has 2 saturated heterocycles. The highest BCUT2D eigenvalue weighted by molar-refractivity contribution is 7.86. The summed E-state index contributed by atoms with van der Waals surface area (Å²) in [4.78, 5) is 12.6. The van der Waals surface area contributed by atoms with Crippen LogP contribution < -0.4 is 0 Å². The number of carbonyl (C=O) groups excluding carboxylic acids is 1. The van der Waals surface area contributed by atoms with Crippen molar-refractivity contribution in [2.75, 3.05) is 0 Å². The van der Waals surface area contributed by atoms with Gasteiger partial charge in [-0.1, -0.05) is 24.6 Å². The molecule has 0 saturated carbocycles. The second-order valence-corrected chi connectivity index (χ2v) is 7.95. The summed E-state index contributed by atoms with van der Waals surface area (Å²) in [5.74, 6) is -0.225. The van der Waals surface area contributed by atoms with E-state index in [1.165, 1.54) is 18.2 Å². The van der Waals surface area contributed by atoms with Gasteiger partial charge in [0.2, 0.25) is 0 Å². The number of alkyl halides is 2. The molecule has 0 spiro atoms. The van der Waals surface area contributed by atoms with E-state index in [0.29, 0.717) is 18.4 Å². The molecule has 2 bridgehead atoms. The van der Waals surface area contributed by atoms with Gasteiger partial charge in [0.15, 0.2) is 5.78 Å². The lowest BCUT2D eigenvalue weighted by molar-refractivity contribution is 0.0895. The van der Waals surface area contributed by atoms with Crippen LogP contribution in [-0.2, 0) is 10.8 Å². The van der Waals surface area contributed by atoms with Gasteiger partial charge in [0.1, 0.15) is 0 Å². The molecule has 2 unspecified atom stereocenters. The maximum absolute atomic E-state index is 12.7. The van der Waals surface area contributed by atoms with Crippen LogP contribution in [0.4, 0.5) is 8.78 Å². The molecule has 2 atom stereocenters. The van der Waals surface area contributed by atoms with E-state index in [4.69, 9.17) is 0 Å². The predicted octanol–water partition coefficient (Wildman–Crippen LogP) is 3.89. The average Bonchev–Trinajstić information content (AvgIpc) is 2.46. The Hall–Kier alpha value is -1.10. The highest BCUT2D eigenvalue weighted by atomic mass is 32.2. The summed E-state index contributed by atoms with van der Waals surface area (Å²) in [5.41, 5.74) is 0.254. The van der Waals surface area contributed by atoms with E-state index in [1.807, 2.05) is 0 Å². The number of carbonyl (C=O) groups is 1. The molecule has 2 nitrogen and oxygen atoms in total. The SMILES string of the molecule is O=C(c1cccc(C(F)F)c1)C1CC2CCCC(C1)S2=O. The molecular formula is C16H18F2O2S. The van der Waals surface area contributed by atoms with E-state index >= 15 is 0 Å². The minimum absolute atomic E-state index is 0.0638. The number of ketones is 1. The van der Waals surface area contributed by atoms with Crippen LogP contribution in [0.2, 0.25) is 0 Å². The van der Waals surface area contributed by atoms with Gasteiger partial charge in [-0.25, -0.2) is 8.78 Å². The number of Topliss-reactive ketones (excluding diaryl/α,β-unsaturated/α-hetero) is 1. The van der Waals surface area contributed by atoms with Crippen LogP contribution in [0.3, 0.4) is 0 Å². The standard InChI is InChI=1S/C16H18F2O2S/c17-16(18)11-4-1-3-10(7-11)15(19)12-8-13-5-2-6-14(9-12)21(13)20/h1,3-4,7,12-14,16H,2,5-6,8-9H2. The Balaban J connectivity index is 1.79. The summed E-state index contributed by atoms with van der Waals surface area (Å²) in [6, 6.07) is 5.76. The van der Waals surface area contributed by atoms with Gasteiger partial charge in [-0.2, -0.15) is 0 Å². The number of hydrogen-bond donors (Lipinski definition) is 0. The fourth-order valence-corrected chi connectivity index (χ4v) is 5.70. The van der Waals surface area contributed by atoms with Crippen molar-refractivity contribution in [3.63, 3.8) is 0 Å². The molecule has 0 aromatic heterocycles. The molecule has 114 valence electrons. The fourth-order valence-electron chi connectivity index (χ4n) is 3.51.